The molecule has 42 heavy (non-hydrogen) atoms. The van der Waals surface area contributed by atoms with Crippen LogP contribution in [0.3, 0.4) is 0 Å². The molecule has 11 nitrogen and oxygen atoms in total. The fourth-order valence-corrected chi connectivity index (χ4v) is 7.05. The molecule has 0 bridgehead atoms. The highest BCUT2D eigenvalue weighted by Gasteiger charge is 2.35. The number of ether oxygens (including phenoxy) is 1. The van der Waals surface area contributed by atoms with Gasteiger partial charge in [-0.25, -0.2) is 9.97 Å². The van der Waals surface area contributed by atoms with Crippen molar-refractivity contribution >= 4 is 45.4 Å². The number of likely N-dealkylation sites (tertiary alicyclic amines) is 1. The molecule has 0 saturated carbocycles. The quantitative estimate of drug-likeness (QED) is 0.320. The van der Waals surface area contributed by atoms with Crippen LogP contribution in [0.4, 0.5) is 5.00 Å². The summed E-state index contributed by atoms with van der Waals surface area (Å²) in [5.74, 6) is 0.0726. The number of aromatic nitrogens is 2. The van der Waals surface area contributed by atoms with Gasteiger partial charge in [-0.05, 0) is 30.5 Å². The fraction of sp³-hybridized carbons (Fsp3) is 0.483. The lowest BCUT2D eigenvalue weighted by Gasteiger charge is -2.37. The zero-order valence-electron chi connectivity index (χ0n) is 23.3. The van der Waals surface area contributed by atoms with Crippen LogP contribution < -0.4 is 16.0 Å². The Bertz CT molecular complexity index is 1390. The van der Waals surface area contributed by atoms with Gasteiger partial charge in [0.25, 0.3) is 5.91 Å². The lowest BCUT2D eigenvalue weighted by Crippen LogP contribution is -2.48. The summed E-state index contributed by atoms with van der Waals surface area (Å²) in [4.78, 5) is 51.5. The van der Waals surface area contributed by atoms with Crippen molar-refractivity contribution in [3.63, 3.8) is 0 Å². The van der Waals surface area contributed by atoms with E-state index in [-0.39, 0.29) is 29.7 Å². The van der Waals surface area contributed by atoms with E-state index in [9.17, 15) is 14.4 Å². The molecule has 0 unspecified atom stereocenters. The second-order valence-corrected chi connectivity index (χ2v) is 12.9. The molecular weight excluding hydrogens is 574 g/mol. The number of amides is 3. The molecule has 3 fully saturated rings. The maximum Gasteiger partial charge on any atom is 0.282 e. The zero-order chi connectivity index (χ0) is 28.9. The molecule has 3 saturated heterocycles. The first-order valence-corrected chi connectivity index (χ1v) is 16.1. The highest BCUT2D eigenvalue weighted by molar-refractivity contribution is 7.17. The zero-order valence-corrected chi connectivity index (χ0v) is 25.0. The number of morpholine rings is 1. The third-order valence-electron chi connectivity index (χ3n) is 7.84. The topological polar surface area (TPSA) is 129 Å². The third kappa shape index (κ3) is 7.04. The van der Waals surface area contributed by atoms with Gasteiger partial charge in [-0.3, -0.25) is 19.3 Å². The predicted molar refractivity (Wildman–Crippen MR) is 162 cm³/mol. The molecule has 3 aliphatic heterocycles. The molecule has 1 aromatic carbocycles. The number of rotatable bonds is 10. The van der Waals surface area contributed by atoms with Crippen molar-refractivity contribution in [1.82, 2.24) is 30.4 Å². The summed E-state index contributed by atoms with van der Waals surface area (Å²) in [6, 6.07) is 8.02. The molecule has 13 heteroatoms. The highest BCUT2D eigenvalue weighted by atomic mass is 32.1. The first kappa shape index (κ1) is 28.9. The number of benzene rings is 1. The standard InChI is InChI=1S/C29H35N7O4S2/c37-24(7-9-35-10-12-40-13-11-35)31-14-19-3-5-20(6-4-19)23-15-32-27(41-23)21-17-36(18-21)29(39)28-33-16-25(42-28)34-26(38)22-2-1-8-30-22/h3-6,15-16,21-22,30H,1-2,7-14,17-18H2,(H,31,37)(H,34,38)/t22-/m0/s1. The second-order valence-electron chi connectivity index (χ2n) is 10.8. The Labute approximate surface area is 252 Å². The summed E-state index contributed by atoms with van der Waals surface area (Å²) in [6.07, 6.45) is 5.76. The number of carbonyl (C=O) groups excluding carboxylic acids is 3. The number of thiazole rings is 2. The molecule has 0 aliphatic carbocycles. The third-order valence-corrected chi connectivity index (χ3v) is 9.95. The van der Waals surface area contributed by atoms with Crippen LogP contribution in [0.15, 0.2) is 36.7 Å². The summed E-state index contributed by atoms with van der Waals surface area (Å²) < 4.78 is 5.35. The van der Waals surface area contributed by atoms with Crippen molar-refractivity contribution in [3.05, 3.63) is 52.2 Å². The van der Waals surface area contributed by atoms with Crippen LogP contribution in [0.25, 0.3) is 10.4 Å². The number of nitrogens with one attached hydrogen (secondary N) is 3. The van der Waals surface area contributed by atoms with E-state index in [1.807, 2.05) is 18.3 Å². The molecule has 3 N–H and O–H groups in total. The smallest absolute Gasteiger partial charge is 0.282 e. The van der Waals surface area contributed by atoms with Crippen molar-refractivity contribution in [2.45, 2.75) is 37.8 Å². The molecule has 3 aromatic rings. The molecule has 2 aromatic heterocycles. The summed E-state index contributed by atoms with van der Waals surface area (Å²) in [7, 11) is 0. The lowest BCUT2D eigenvalue weighted by molar-refractivity contribution is -0.122. The minimum atomic E-state index is -0.174. The second kappa shape index (κ2) is 13.4. The van der Waals surface area contributed by atoms with E-state index in [1.54, 1.807) is 22.4 Å². The average molecular weight is 610 g/mol. The predicted octanol–water partition coefficient (Wildman–Crippen LogP) is 2.54. The van der Waals surface area contributed by atoms with Gasteiger partial charge in [-0.1, -0.05) is 35.6 Å². The number of hydrogen-bond donors (Lipinski definition) is 3. The monoisotopic (exact) mass is 609 g/mol. The minimum absolute atomic E-state index is 0.0598. The maximum atomic E-state index is 12.9. The van der Waals surface area contributed by atoms with Gasteiger partial charge >= 0.3 is 0 Å². The number of hydrogen-bond acceptors (Lipinski definition) is 10. The molecule has 1 atom stereocenters. The Morgan fingerprint density at radius 3 is 2.62 bits per heavy atom. The van der Waals surface area contributed by atoms with Gasteiger partial charge in [0.2, 0.25) is 11.8 Å². The molecule has 222 valence electrons. The Hall–Kier alpha value is -3.23. The normalized spacial score (nSPS) is 19.4. The molecule has 5 heterocycles. The minimum Gasteiger partial charge on any atom is -0.379 e. The SMILES string of the molecule is O=C(CCN1CCOCC1)NCc1ccc(-c2cnc(C3CN(C(=O)c4ncc(NC(=O)[C@@H]5CCCN5)s4)C3)s2)cc1. The van der Waals surface area contributed by atoms with E-state index in [0.29, 0.717) is 36.1 Å². The van der Waals surface area contributed by atoms with E-state index < -0.39 is 0 Å². The average Bonchev–Trinajstić information content (AvgIpc) is 3.78. The van der Waals surface area contributed by atoms with E-state index >= 15 is 0 Å². The summed E-state index contributed by atoms with van der Waals surface area (Å²) in [6.45, 7) is 6.58. The highest BCUT2D eigenvalue weighted by Crippen LogP contribution is 2.35. The van der Waals surface area contributed by atoms with E-state index in [2.05, 4.69) is 43.0 Å². The first-order valence-electron chi connectivity index (χ1n) is 14.4. The van der Waals surface area contributed by atoms with Crippen molar-refractivity contribution in [3.8, 4) is 10.4 Å². The Morgan fingerprint density at radius 1 is 1.05 bits per heavy atom. The van der Waals surface area contributed by atoms with Gasteiger partial charge in [-0.15, -0.1) is 11.3 Å². The van der Waals surface area contributed by atoms with Crippen molar-refractivity contribution < 1.29 is 19.1 Å². The molecule has 6 rings (SSSR count). The van der Waals surface area contributed by atoms with Crippen molar-refractivity contribution in [1.29, 1.82) is 0 Å². The summed E-state index contributed by atoms with van der Waals surface area (Å²) in [5, 5.41) is 11.1. The number of nitrogens with zero attached hydrogens (tertiary/aromatic N) is 4. The number of anilines is 1. The van der Waals surface area contributed by atoms with Crippen LogP contribution in [0.2, 0.25) is 0 Å². The maximum absolute atomic E-state index is 12.9. The van der Waals surface area contributed by atoms with Gasteiger partial charge in [-0.2, -0.15) is 0 Å². The largest absolute Gasteiger partial charge is 0.379 e. The summed E-state index contributed by atoms with van der Waals surface area (Å²) in [5.41, 5.74) is 2.13. The molecule has 3 aliphatic rings. The van der Waals surface area contributed by atoms with Gasteiger partial charge < -0.3 is 25.6 Å². The van der Waals surface area contributed by atoms with E-state index in [4.69, 9.17) is 4.74 Å². The van der Waals surface area contributed by atoms with E-state index in [0.717, 1.165) is 73.2 Å². The van der Waals surface area contributed by atoms with Crippen molar-refractivity contribution in [2.75, 3.05) is 57.8 Å². The Kier molecular flexibility index (Phi) is 9.20. The van der Waals surface area contributed by atoms with Crippen LogP contribution in [0.1, 0.15) is 45.6 Å². The number of carbonyl (C=O) groups is 3. The Morgan fingerprint density at radius 2 is 1.86 bits per heavy atom. The molecule has 0 spiro atoms. The Balaban J connectivity index is 0.944. The molecule has 0 radical (unpaired) electrons. The van der Waals surface area contributed by atoms with Gasteiger partial charge in [0.15, 0.2) is 5.01 Å². The van der Waals surface area contributed by atoms with Crippen molar-refractivity contribution in [2.24, 2.45) is 0 Å². The molecular formula is C29H35N7O4S2. The lowest BCUT2D eigenvalue weighted by atomic mass is 10.0. The summed E-state index contributed by atoms with van der Waals surface area (Å²) >= 11 is 2.86. The van der Waals surface area contributed by atoms with Gasteiger partial charge in [0, 0.05) is 57.8 Å². The van der Waals surface area contributed by atoms with Gasteiger partial charge in [0.05, 0.1) is 35.3 Å². The molecule has 3 amide bonds. The van der Waals surface area contributed by atoms with Crippen LogP contribution in [0, 0.1) is 0 Å². The van der Waals surface area contributed by atoms with Crippen LogP contribution in [0.5, 0.6) is 0 Å². The van der Waals surface area contributed by atoms with Crippen LogP contribution in [-0.4, -0.2) is 96.0 Å². The fourth-order valence-electron chi connectivity index (χ4n) is 5.25. The van der Waals surface area contributed by atoms with Crippen LogP contribution >= 0.6 is 22.7 Å². The van der Waals surface area contributed by atoms with Gasteiger partial charge in [0.1, 0.15) is 5.00 Å². The van der Waals surface area contributed by atoms with E-state index in [1.165, 1.54) is 11.3 Å². The first-order chi connectivity index (χ1) is 20.5. The van der Waals surface area contributed by atoms with Crippen LogP contribution in [-0.2, 0) is 20.9 Å².